The van der Waals surface area contributed by atoms with Gasteiger partial charge in [0.15, 0.2) is 5.76 Å². The van der Waals surface area contributed by atoms with Crippen LogP contribution in [0.15, 0.2) is 35.1 Å². The number of amides is 2. The van der Waals surface area contributed by atoms with Gasteiger partial charge in [-0.15, -0.1) is 0 Å². The van der Waals surface area contributed by atoms with Crippen molar-refractivity contribution in [3.05, 3.63) is 36.4 Å². The number of carbonyl (C=O) groups is 2. The number of aromatic nitrogens is 2. The molecule has 0 spiro atoms. The number of pyridine rings is 1. The highest BCUT2D eigenvalue weighted by Crippen LogP contribution is 2.19. The zero-order chi connectivity index (χ0) is 19.4. The fraction of sp³-hybridized carbons (Fsp3) is 0.474. The number of hydrogen-bond donors (Lipinski definition) is 1. The summed E-state index contributed by atoms with van der Waals surface area (Å²) in [6.45, 7) is 5.74. The second kappa shape index (κ2) is 8.30. The van der Waals surface area contributed by atoms with Crippen LogP contribution in [0.5, 0.6) is 0 Å². The van der Waals surface area contributed by atoms with E-state index >= 15 is 0 Å². The molecule has 1 aliphatic heterocycles. The van der Waals surface area contributed by atoms with E-state index in [4.69, 9.17) is 4.52 Å². The fourth-order valence-corrected chi connectivity index (χ4v) is 3.25. The second-order valence-electron chi connectivity index (χ2n) is 7.01. The predicted octanol–water partition coefficient (Wildman–Crippen LogP) is 1.29. The van der Waals surface area contributed by atoms with Crippen molar-refractivity contribution < 1.29 is 14.1 Å². The average Bonchev–Trinajstić information content (AvgIpc) is 3.12. The normalized spacial score (nSPS) is 17.8. The van der Waals surface area contributed by atoms with Crippen molar-refractivity contribution in [3.63, 3.8) is 0 Å². The zero-order valence-electron chi connectivity index (χ0n) is 15.9. The number of nitrogens with one attached hydrogen (secondary N) is 1. The van der Waals surface area contributed by atoms with Crippen LogP contribution in [-0.2, 0) is 16.1 Å². The van der Waals surface area contributed by atoms with Crippen molar-refractivity contribution in [1.82, 2.24) is 25.3 Å². The van der Waals surface area contributed by atoms with Gasteiger partial charge in [-0.25, -0.2) is 0 Å². The molecule has 8 nitrogen and oxygen atoms in total. The Balaban J connectivity index is 1.62. The summed E-state index contributed by atoms with van der Waals surface area (Å²) in [5.41, 5.74) is 1.60. The van der Waals surface area contributed by atoms with E-state index in [-0.39, 0.29) is 24.3 Å². The molecule has 0 unspecified atom stereocenters. The van der Waals surface area contributed by atoms with E-state index in [9.17, 15) is 9.59 Å². The summed E-state index contributed by atoms with van der Waals surface area (Å²) in [4.78, 5) is 32.5. The molecule has 0 bridgehead atoms. The first-order valence-electron chi connectivity index (χ1n) is 9.09. The van der Waals surface area contributed by atoms with Gasteiger partial charge in [-0.3, -0.25) is 19.5 Å². The van der Waals surface area contributed by atoms with E-state index in [0.29, 0.717) is 24.5 Å². The predicted molar refractivity (Wildman–Crippen MR) is 99.5 cm³/mol. The van der Waals surface area contributed by atoms with Crippen molar-refractivity contribution in [2.24, 2.45) is 0 Å². The van der Waals surface area contributed by atoms with E-state index in [0.717, 1.165) is 12.1 Å². The lowest BCUT2D eigenvalue weighted by Gasteiger charge is -2.38. The summed E-state index contributed by atoms with van der Waals surface area (Å²) in [5.74, 6) is 0.396. The standard InChI is InChI=1S/C19H25N5O3/c1-13(2)24-9-8-21-19(26)17(24)11-18(25)23(3)12-15-10-16(22-27-15)14-4-6-20-7-5-14/h4-7,10,13,17H,8-9,11-12H2,1-3H3,(H,21,26)/t17-/m0/s1. The maximum absolute atomic E-state index is 12.7. The van der Waals surface area contributed by atoms with Crippen molar-refractivity contribution in [3.8, 4) is 11.3 Å². The van der Waals surface area contributed by atoms with Crippen LogP contribution in [0.4, 0.5) is 0 Å². The maximum atomic E-state index is 12.7. The second-order valence-corrected chi connectivity index (χ2v) is 7.01. The first-order valence-corrected chi connectivity index (χ1v) is 9.09. The number of piperazine rings is 1. The van der Waals surface area contributed by atoms with Crippen LogP contribution in [0.25, 0.3) is 11.3 Å². The first kappa shape index (κ1) is 19.0. The van der Waals surface area contributed by atoms with Crippen molar-refractivity contribution in [2.75, 3.05) is 20.1 Å². The third kappa shape index (κ3) is 4.51. The van der Waals surface area contributed by atoms with Crippen molar-refractivity contribution in [2.45, 2.75) is 38.9 Å². The Morgan fingerprint density at radius 1 is 1.41 bits per heavy atom. The van der Waals surface area contributed by atoms with Gasteiger partial charge in [0.1, 0.15) is 5.69 Å². The van der Waals surface area contributed by atoms with E-state index in [1.54, 1.807) is 24.3 Å². The summed E-state index contributed by atoms with van der Waals surface area (Å²) in [6, 6.07) is 5.27. The van der Waals surface area contributed by atoms with Crippen LogP contribution in [-0.4, -0.2) is 64.0 Å². The van der Waals surface area contributed by atoms with Crippen LogP contribution in [0.2, 0.25) is 0 Å². The SMILES string of the molecule is CC(C)N1CCNC(=O)[C@@H]1CC(=O)N(C)Cc1cc(-c2ccncc2)no1. The van der Waals surface area contributed by atoms with Crippen LogP contribution < -0.4 is 5.32 Å². The van der Waals surface area contributed by atoms with Crippen LogP contribution >= 0.6 is 0 Å². The summed E-state index contributed by atoms with van der Waals surface area (Å²) >= 11 is 0. The molecule has 3 rings (SSSR count). The van der Waals surface area contributed by atoms with E-state index in [2.05, 4.69) is 20.4 Å². The molecule has 0 aromatic carbocycles. The summed E-state index contributed by atoms with van der Waals surface area (Å²) in [5, 5.41) is 6.90. The van der Waals surface area contributed by atoms with E-state index < -0.39 is 6.04 Å². The Bertz CT molecular complexity index is 790. The maximum Gasteiger partial charge on any atom is 0.237 e. The van der Waals surface area contributed by atoms with E-state index in [1.165, 1.54) is 0 Å². The van der Waals surface area contributed by atoms with Gasteiger partial charge >= 0.3 is 0 Å². The zero-order valence-corrected chi connectivity index (χ0v) is 15.9. The summed E-state index contributed by atoms with van der Waals surface area (Å²) in [6.07, 6.45) is 3.52. The minimum atomic E-state index is -0.434. The quantitative estimate of drug-likeness (QED) is 0.823. The topological polar surface area (TPSA) is 91.6 Å². The molecule has 1 atom stereocenters. The van der Waals surface area contributed by atoms with Gasteiger partial charge in [0.25, 0.3) is 0 Å². The highest BCUT2D eigenvalue weighted by molar-refractivity contribution is 5.88. The molecular weight excluding hydrogens is 346 g/mol. The number of hydrogen-bond acceptors (Lipinski definition) is 6. The van der Waals surface area contributed by atoms with Gasteiger partial charge in [0.05, 0.1) is 19.0 Å². The van der Waals surface area contributed by atoms with Gasteiger partial charge in [-0.1, -0.05) is 5.16 Å². The molecule has 144 valence electrons. The largest absolute Gasteiger partial charge is 0.359 e. The van der Waals surface area contributed by atoms with Crippen molar-refractivity contribution in [1.29, 1.82) is 0 Å². The first-order chi connectivity index (χ1) is 13.0. The van der Waals surface area contributed by atoms with Gasteiger partial charge in [-0.05, 0) is 26.0 Å². The summed E-state index contributed by atoms with van der Waals surface area (Å²) < 4.78 is 5.36. The molecular formula is C19H25N5O3. The Kier molecular flexibility index (Phi) is 5.85. The Morgan fingerprint density at radius 3 is 2.85 bits per heavy atom. The highest BCUT2D eigenvalue weighted by atomic mass is 16.5. The molecule has 2 amide bonds. The van der Waals surface area contributed by atoms with Crippen LogP contribution in [0, 0.1) is 0 Å². The number of rotatable bonds is 6. The Hall–Kier alpha value is -2.74. The monoisotopic (exact) mass is 371 g/mol. The third-order valence-corrected chi connectivity index (χ3v) is 4.76. The molecule has 3 heterocycles. The minimum Gasteiger partial charge on any atom is -0.359 e. The van der Waals surface area contributed by atoms with Crippen LogP contribution in [0.1, 0.15) is 26.0 Å². The number of nitrogens with zero attached hydrogens (tertiary/aromatic N) is 4. The molecule has 1 saturated heterocycles. The number of carbonyl (C=O) groups excluding carboxylic acids is 2. The lowest BCUT2D eigenvalue weighted by atomic mass is 10.1. The van der Waals surface area contributed by atoms with Gasteiger partial charge in [0, 0.05) is 50.2 Å². The third-order valence-electron chi connectivity index (χ3n) is 4.76. The molecule has 1 N–H and O–H groups in total. The van der Waals surface area contributed by atoms with Crippen molar-refractivity contribution >= 4 is 11.8 Å². The lowest BCUT2D eigenvalue weighted by Crippen LogP contribution is -2.58. The van der Waals surface area contributed by atoms with Gasteiger partial charge in [0.2, 0.25) is 11.8 Å². The molecule has 0 aliphatic carbocycles. The average molecular weight is 371 g/mol. The fourth-order valence-electron chi connectivity index (χ4n) is 3.25. The molecule has 27 heavy (non-hydrogen) atoms. The molecule has 1 fully saturated rings. The smallest absolute Gasteiger partial charge is 0.237 e. The molecule has 0 saturated carbocycles. The lowest BCUT2D eigenvalue weighted by molar-refractivity contribution is -0.139. The summed E-state index contributed by atoms with van der Waals surface area (Å²) in [7, 11) is 1.71. The van der Waals surface area contributed by atoms with Gasteiger partial charge < -0.3 is 14.7 Å². The molecule has 2 aromatic heterocycles. The molecule has 0 radical (unpaired) electrons. The Labute approximate surface area is 158 Å². The minimum absolute atomic E-state index is 0.0867. The Morgan fingerprint density at radius 2 is 2.15 bits per heavy atom. The van der Waals surface area contributed by atoms with E-state index in [1.807, 2.05) is 32.0 Å². The van der Waals surface area contributed by atoms with Gasteiger partial charge in [-0.2, -0.15) is 0 Å². The molecule has 8 heteroatoms. The highest BCUT2D eigenvalue weighted by Gasteiger charge is 2.33. The molecule has 2 aromatic rings. The molecule has 1 aliphatic rings. The van der Waals surface area contributed by atoms with Crippen LogP contribution in [0.3, 0.4) is 0 Å².